The van der Waals surface area contributed by atoms with Crippen molar-refractivity contribution in [1.29, 1.82) is 0 Å². The van der Waals surface area contributed by atoms with Crippen LogP contribution in [0, 0.1) is 0 Å². The molecule has 1 heterocycles. The summed E-state index contributed by atoms with van der Waals surface area (Å²) < 4.78 is 0. The standard InChI is InChI=1S/C18H18N2O2/c1-12(2)11-20-16(21)18(3,19-17(20)22)15-10-6-8-13-7-4-5-9-14(13)15/h4-10H,1,11H2,2-3H3,(H,19,22)/t18-/m1/s1. The summed E-state index contributed by atoms with van der Waals surface area (Å²) in [6, 6.07) is 13.3. The van der Waals surface area contributed by atoms with E-state index in [9.17, 15) is 9.59 Å². The minimum atomic E-state index is -1.05. The zero-order chi connectivity index (χ0) is 15.9. The highest BCUT2D eigenvalue weighted by atomic mass is 16.2. The van der Waals surface area contributed by atoms with Crippen molar-refractivity contribution in [3.05, 3.63) is 60.2 Å². The summed E-state index contributed by atoms with van der Waals surface area (Å²) in [5.74, 6) is -0.239. The van der Waals surface area contributed by atoms with Gasteiger partial charge in [-0.15, -0.1) is 0 Å². The van der Waals surface area contributed by atoms with Gasteiger partial charge in [0.15, 0.2) is 0 Å². The second kappa shape index (κ2) is 4.98. The fraction of sp³-hybridized carbons (Fsp3) is 0.222. The third-order valence-corrected chi connectivity index (χ3v) is 4.03. The van der Waals surface area contributed by atoms with Gasteiger partial charge in [0.1, 0.15) is 5.54 Å². The minimum Gasteiger partial charge on any atom is -0.319 e. The van der Waals surface area contributed by atoms with E-state index in [0.29, 0.717) is 0 Å². The predicted octanol–water partition coefficient (Wildman–Crippen LogP) is 3.18. The van der Waals surface area contributed by atoms with Crippen LogP contribution in [0.1, 0.15) is 19.4 Å². The molecule has 1 N–H and O–H groups in total. The number of fused-ring (bicyclic) bond motifs is 1. The van der Waals surface area contributed by atoms with Crippen molar-refractivity contribution in [3.63, 3.8) is 0 Å². The maximum atomic E-state index is 12.8. The van der Waals surface area contributed by atoms with Gasteiger partial charge in [0.05, 0.1) is 6.54 Å². The number of hydrogen-bond donors (Lipinski definition) is 1. The van der Waals surface area contributed by atoms with E-state index in [-0.39, 0.29) is 18.5 Å². The molecule has 3 rings (SSSR count). The molecule has 4 heteroatoms. The third-order valence-electron chi connectivity index (χ3n) is 4.03. The summed E-state index contributed by atoms with van der Waals surface area (Å²) in [5.41, 5.74) is 0.534. The molecule has 22 heavy (non-hydrogen) atoms. The average molecular weight is 294 g/mol. The van der Waals surface area contributed by atoms with Crippen molar-refractivity contribution < 1.29 is 9.59 Å². The molecule has 1 atom stereocenters. The Hall–Kier alpha value is -2.62. The van der Waals surface area contributed by atoms with E-state index >= 15 is 0 Å². The second-order valence-electron chi connectivity index (χ2n) is 5.93. The average Bonchev–Trinajstić information content (AvgIpc) is 2.70. The van der Waals surface area contributed by atoms with E-state index in [1.807, 2.05) is 42.5 Å². The van der Waals surface area contributed by atoms with Crippen LogP contribution in [-0.2, 0) is 10.3 Å². The highest BCUT2D eigenvalue weighted by molar-refractivity contribution is 6.09. The van der Waals surface area contributed by atoms with Crippen LogP contribution in [0.2, 0.25) is 0 Å². The predicted molar refractivity (Wildman–Crippen MR) is 86.4 cm³/mol. The normalized spacial score (nSPS) is 21.3. The summed E-state index contributed by atoms with van der Waals surface area (Å²) in [5, 5.41) is 4.85. The van der Waals surface area contributed by atoms with E-state index in [1.54, 1.807) is 13.8 Å². The Balaban J connectivity index is 2.12. The van der Waals surface area contributed by atoms with Crippen LogP contribution in [-0.4, -0.2) is 23.4 Å². The molecule has 1 fully saturated rings. The molecule has 2 aromatic carbocycles. The van der Waals surface area contributed by atoms with Crippen LogP contribution < -0.4 is 5.32 Å². The first-order valence-electron chi connectivity index (χ1n) is 7.20. The second-order valence-corrected chi connectivity index (χ2v) is 5.93. The van der Waals surface area contributed by atoms with Crippen molar-refractivity contribution in [2.24, 2.45) is 0 Å². The Kier molecular flexibility index (Phi) is 3.24. The summed E-state index contributed by atoms with van der Waals surface area (Å²) in [4.78, 5) is 26.2. The zero-order valence-electron chi connectivity index (χ0n) is 12.7. The van der Waals surface area contributed by atoms with E-state index in [4.69, 9.17) is 0 Å². The van der Waals surface area contributed by atoms with Crippen molar-refractivity contribution in [2.75, 3.05) is 6.54 Å². The quantitative estimate of drug-likeness (QED) is 0.698. The van der Waals surface area contributed by atoms with Crippen molar-refractivity contribution in [3.8, 4) is 0 Å². The number of urea groups is 1. The van der Waals surface area contributed by atoms with Gasteiger partial charge in [0.25, 0.3) is 5.91 Å². The number of nitrogens with one attached hydrogen (secondary N) is 1. The van der Waals surface area contributed by atoms with Crippen LogP contribution in [0.5, 0.6) is 0 Å². The first-order valence-corrected chi connectivity index (χ1v) is 7.20. The number of carbonyl (C=O) groups excluding carboxylic acids is 2. The lowest BCUT2D eigenvalue weighted by Gasteiger charge is -2.24. The molecule has 2 aromatic rings. The molecule has 0 unspecified atom stereocenters. The largest absolute Gasteiger partial charge is 0.325 e. The lowest BCUT2D eigenvalue weighted by molar-refractivity contribution is -0.130. The smallest absolute Gasteiger partial charge is 0.319 e. The number of nitrogens with zero attached hydrogens (tertiary/aromatic N) is 1. The number of amides is 3. The highest BCUT2D eigenvalue weighted by Crippen LogP contribution is 2.33. The van der Waals surface area contributed by atoms with Gasteiger partial charge in [0, 0.05) is 0 Å². The number of hydrogen-bond acceptors (Lipinski definition) is 2. The Morgan fingerprint density at radius 1 is 1.18 bits per heavy atom. The lowest BCUT2D eigenvalue weighted by Crippen LogP contribution is -2.41. The van der Waals surface area contributed by atoms with Gasteiger partial charge in [-0.05, 0) is 30.2 Å². The van der Waals surface area contributed by atoms with Crippen LogP contribution >= 0.6 is 0 Å². The number of carbonyl (C=O) groups is 2. The van der Waals surface area contributed by atoms with Gasteiger partial charge in [-0.1, -0.05) is 54.6 Å². The van der Waals surface area contributed by atoms with E-state index in [2.05, 4.69) is 11.9 Å². The number of rotatable bonds is 3. The Labute approximate surface area is 129 Å². The first kappa shape index (κ1) is 14.3. The Morgan fingerprint density at radius 2 is 1.86 bits per heavy atom. The van der Waals surface area contributed by atoms with Gasteiger partial charge in [-0.3, -0.25) is 9.69 Å². The molecule has 1 aliphatic rings. The number of benzene rings is 2. The minimum absolute atomic E-state index is 0.239. The summed E-state index contributed by atoms with van der Waals surface area (Å²) in [6.07, 6.45) is 0. The fourth-order valence-electron chi connectivity index (χ4n) is 2.95. The first-order chi connectivity index (χ1) is 10.4. The molecule has 0 saturated carbocycles. The van der Waals surface area contributed by atoms with Crippen LogP contribution in [0.15, 0.2) is 54.6 Å². The van der Waals surface area contributed by atoms with Crippen molar-refractivity contribution in [2.45, 2.75) is 19.4 Å². The molecule has 0 radical (unpaired) electrons. The van der Waals surface area contributed by atoms with Crippen molar-refractivity contribution >= 4 is 22.7 Å². The van der Waals surface area contributed by atoms with Gasteiger partial charge in [-0.2, -0.15) is 0 Å². The van der Waals surface area contributed by atoms with Gasteiger partial charge < -0.3 is 5.32 Å². The van der Waals surface area contributed by atoms with E-state index < -0.39 is 5.54 Å². The zero-order valence-corrected chi connectivity index (χ0v) is 12.7. The van der Waals surface area contributed by atoms with Gasteiger partial charge in [0.2, 0.25) is 0 Å². The van der Waals surface area contributed by atoms with Crippen LogP contribution in [0.3, 0.4) is 0 Å². The molecule has 0 spiro atoms. The molecule has 0 bridgehead atoms. The third kappa shape index (κ3) is 2.08. The summed E-state index contributed by atoms with van der Waals surface area (Å²) in [7, 11) is 0. The number of imide groups is 1. The fourth-order valence-corrected chi connectivity index (χ4v) is 2.95. The van der Waals surface area contributed by atoms with Crippen molar-refractivity contribution in [1.82, 2.24) is 10.2 Å². The van der Waals surface area contributed by atoms with Crippen LogP contribution in [0.25, 0.3) is 10.8 Å². The SMILES string of the molecule is C=C(C)CN1C(=O)N[C@](C)(c2cccc3ccccc23)C1=O. The van der Waals surface area contributed by atoms with Crippen LogP contribution in [0.4, 0.5) is 4.79 Å². The summed E-state index contributed by atoms with van der Waals surface area (Å²) >= 11 is 0. The Morgan fingerprint density at radius 3 is 2.59 bits per heavy atom. The van der Waals surface area contributed by atoms with E-state index in [0.717, 1.165) is 21.9 Å². The lowest BCUT2D eigenvalue weighted by atomic mass is 9.88. The molecule has 3 amide bonds. The molecule has 1 aliphatic heterocycles. The Bertz CT molecular complexity index is 791. The molecule has 112 valence electrons. The topological polar surface area (TPSA) is 49.4 Å². The maximum absolute atomic E-state index is 12.8. The molecular formula is C18H18N2O2. The summed E-state index contributed by atoms with van der Waals surface area (Å²) in [6.45, 7) is 7.58. The maximum Gasteiger partial charge on any atom is 0.325 e. The highest BCUT2D eigenvalue weighted by Gasteiger charge is 2.49. The van der Waals surface area contributed by atoms with Gasteiger partial charge in [-0.25, -0.2) is 4.79 Å². The molecule has 4 nitrogen and oxygen atoms in total. The van der Waals surface area contributed by atoms with E-state index in [1.165, 1.54) is 4.90 Å². The monoisotopic (exact) mass is 294 g/mol. The molecule has 1 saturated heterocycles. The molecular weight excluding hydrogens is 276 g/mol. The molecule has 0 aromatic heterocycles. The molecule has 0 aliphatic carbocycles. The van der Waals surface area contributed by atoms with Gasteiger partial charge >= 0.3 is 6.03 Å².